The average molecular weight is 459 g/mol. The molecule has 0 aliphatic heterocycles. The highest BCUT2D eigenvalue weighted by Crippen LogP contribution is 2.40. The monoisotopic (exact) mass is 458 g/mol. The van der Waals surface area contributed by atoms with Gasteiger partial charge in [0.05, 0.1) is 11.3 Å². The van der Waals surface area contributed by atoms with Crippen LogP contribution in [0.5, 0.6) is 0 Å². The molecule has 0 spiro atoms. The Morgan fingerprint density at radius 3 is 2.34 bits per heavy atom. The van der Waals surface area contributed by atoms with E-state index < -0.39 is 5.97 Å². The molecule has 172 valence electrons. The normalized spacial score (nSPS) is 13.3. The van der Waals surface area contributed by atoms with Crippen LogP contribution >= 0.6 is 0 Å². The molecule has 0 saturated heterocycles. The van der Waals surface area contributed by atoms with Crippen molar-refractivity contribution in [3.63, 3.8) is 0 Å². The van der Waals surface area contributed by atoms with Crippen LogP contribution in [0.1, 0.15) is 51.5 Å². The Labute approximate surface area is 204 Å². The summed E-state index contributed by atoms with van der Waals surface area (Å²) >= 11 is 0. The third-order valence-electron chi connectivity index (χ3n) is 6.86. The molecule has 0 amide bonds. The van der Waals surface area contributed by atoms with E-state index in [1.807, 2.05) is 24.4 Å². The lowest BCUT2D eigenvalue weighted by molar-refractivity contribution is 0.0695. The van der Waals surface area contributed by atoms with Gasteiger partial charge in [0.15, 0.2) is 0 Å². The maximum absolute atomic E-state index is 12.0. The molecule has 4 heteroatoms. The van der Waals surface area contributed by atoms with Crippen molar-refractivity contribution in [2.24, 2.45) is 0 Å². The van der Waals surface area contributed by atoms with Crippen LogP contribution in [-0.2, 0) is 13.0 Å². The van der Waals surface area contributed by atoms with E-state index in [1.165, 1.54) is 16.8 Å². The molecular weight excluding hydrogens is 432 g/mol. The number of benzene rings is 3. The smallest absolute Gasteiger partial charge is 0.337 e. The molecule has 4 nitrogen and oxygen atoms in total. The van der Waals surface area contributed by atoms with Gasteiger partial charge in [-0.05, 0) is 65.3 Å². The highest BCUT2D eigenvalue weighted by Gasteiger charge is 2.26. The fourth-order valence-electron chi connectivity index (χ4n) is 4.88. The van der Waals surface area contributed by atoms with Crippen molar-refractivity contribution in [2.45, 2.75) is 31.7 Å². The summed E-state index contributed by atoms with van der Waals surface area (Å²) in [6.45, 7) is 0.779. The molecule has 1 fully saturated rings. The molecule has 1 N–H and O–H groups in total. The molecule has 3 aromatic carbocycles. The van der Waals surface area contributed by atoms with E-state index in [2.05, 4.69) is 82.3 Å². The predicted octanol–water partition coefficient (Wildman–Crippen LogP) is 6.92. The van der Waals surface area contributed by atoms with E-state index in [0.717, 1.165) is 41.4 Å². The van der Waals surface area contributed by atoms with Crippen LogP contribution in [0.4, 0.5) is 0 Å². The molecular formula is C31H26N2O2. The number of hydrogen-bond donors (Lipinski definition) is 1. The summed E-state index contributed by atoms with van der Waals surface area (Å²) in [5.74, 6) is -0.428. The minimum absolute atomic E-state index is 0.320. The quantitative estimate of drug-likeness (QED) is 0.288. The summed E-state index contributed by atoms with van der Waals surface area (Å²) in [6.07, 6.45) is 4.61. The van der Waals surface area contributed by atoms with Crippen LogP contribution in [0, 0.1) is 0 Å². The molecule has 1 aliphatic carbocycles. The summed E-state index contributed by atoms with van der Waals surface area (Å²) < 4.78 is 2.36. The molecule has 0 radical (unpaired) electrons. The number of aromatic nitrogens is 2. The first-order valence-electron chi connectivity index (χ1n) is 12.1. The zero-order valence-electron chi connectivity index (χ0n) is 19.4. The summed E-state index contributed by atoms with van der Waals surface area (Å²) in [4.78, 5) is 16.5. The molecule has 0 atom stereocenters. The lowest BCUT2D eigenvalue weighted by Gasteiger charge is -2.12. The van der Waals surface area contributed by atoms with Crippen molar-refractivity contribution in [3.05, 3.63) is 125 Å². The largest absolute Gasteiger partial charge is 0.478 e. The first-order valence-corrected chi connectivity index (χ1v) is 12.1. The zero-order valence-corrected chi connectivity index (χ0v) is 19.4. The Balaban J connectivity index is 1.40. The number of pyridine rings is 1. The number of nitrogens with zero attached hydrogens (tertiary/aromatic N) is 2. The van der Waals surface area contributed by atoms with Crippen molar-refractivity contribution in [1.82, 2.24) is 9.55 Å². The summed E-state index contributed by atoms with van der Waals surface area (Å²) in [5.41, 5.74) is 7.79. The van der Waals surface area contributed by atoms with Gasteiger partial charge < -0.3 is 9.67 Å². The molecule has 6 rings (SSSR count). The number of rotatable bonds is 7. The zero-order chi connectivity index (χ0) is 23.8. The maximum Gasteiger partial charge on any atom is 0.337 e. The summed E-state index contributed by atoms with van der Waals surface area (Å²) in [6, 6.07) is 31.4. The van der Waals surface area contributed by atoms with Crippen molar-refractivity contribution in [3.8, 4) is 11.3 Å². The topological polar surface area (TPSA) is 55.1 Å². The Kier molecular flexibility index (Phi) is 5.42. The van der Waals surface area contributed by atoms with Crippen LogP contribution in [0.15, 0.2) is 97.2 Å². The lowest BCUT2D eigenvalue weighted by Crippen LogP contribution is -2.07. The van der Waals surface area contributed by atoms with Crippen LogP contribution in [-0.4, -0.2) is 20.6 Å². The van der Waals surface area contributed by atoms with Gasteiger partial charge in [0.2, 0.25) is 0 Å². The van der Waals surface area contributed by atoms with Crippen molar-refractivity contribution in [1.29, 1.82) is 0 Å². The molecule has 2 aromatic heterocycles. The maximum atomic E-state index is 12.0. The van der Waals surface area contributed by atoms with Crippen LogP contribution in [0.3, 0.4) is 0 Å². The number of carboxylic acids is 1. The molecule has 1 saturated carbocycles. The van der Waals surface area contributed by atoms with E-state index in [-0.39, 0.29) is 0 Å². The van der Waals surface area contributed by atoms with Gasteiger partial charge in [-0.3, -0.25) is 4.98 Å². The van der Waals surface area contributed by atoms with Crippen LogP contribution < -0.4 is 0 Å². The number of fused-ring (bicyclic) bond motifs is 1. The molecule has 0 unspecified atom stereocenters. The fraction of sp³-hybridized carbons (Fsp3) is 0.161. The van der Waals surface area contributed by atoms with Gasteiger partial charge in [0.25, 0.3) is 0 Å². The summed E-state index contributed by atoms with van der Waals surface area (Å²) in [5, 5.41) is 10.9. The van der Waals surface area contributed by atoms with Crippen LogP contribution in [0.2, 0.25) is 0 Å². The minimum Gasteiger partial charge on any atom is -0.478 e. The molecule has 1 aliphatic rings. The molecule has 2 heterocycles. The van der Waals surface area contributed by atoms with Gasteiger partial charge in [-0.2, -0.15) is 0 Å². The lowest BCUT2D eigenvalue weighted by atomic mass is 10.0. The number of carbonyl (C=O) groups is 1. The van der Waals surface area contributed by atoms with Gasteiger partial charge in [-0.1, -0.05) is 66.7 Å². The first-order chi connectivity index (χ1) is 17.2. The third-order valence-corrected chi connectivity index (χ3v) is 6.86. The number of aromatic carboxylic acids is 1. The number of carboxylic acid groups (broad SMARTS) is 1. The highest BCUT2D eigenvalue weighted by molar-refractivity contribution is 5.90. The highest BCUT2D eigenvalue weighted by atomic mass is 16.4. The summed E-state index contributed by atoms with van der Waals surface area (Å²) in [7, 11) is 0. The molecule has 5 aromatic rings. The van der Waals surface area contributed by atoms with E-state index >= 15 is 0 Å². The van der Waals surface area contributed by atoms with Gasteiger partial charge in [-0.25, -0.2) is 4.79 Å². The van der Waals surface area contributed by atoms with Gasteiger partial charge in [0.1, 0.15) is 0 Å². The third kappa shape index (κ3) is 4.35. The van der Waals surface area contributed by atoms with E-state index in [0.29, 0.717) is 23.6 Å². The Bertz CT molecular complexity index is 1520. The Morgan fingerprint density at radius 2 is 1.63 bits per heavy atom. The fourth-order valence-corrected chi connectivity index (χ4v) is 4.88. The minimum atomic E-state index is -0.906. The Hall–Kier alpha value is -4.18. The van der Waals surface area contributed by atoms with Crippen molar-refractivity contribution in [2.75, 3.05) is 0 Å². The molecule has 0 bridgehead atoms. The van der Waals surface area contributed by atoms with Gasteiger partial charge in [0, 0.05) is 35.8 Å². The standard InChI is InChI=1S/C31H26N2O2/c34-31(35)27-17-26(23-12-13-23)19-32-28(27)16-22-11-14-29-25(15-22)18-30(24-9-5-2-6-10-24)33(29)20-21-7-3-1-4-8-21/h1-11,14-15,17-19,23H,12-13,16,20H2,(H,34,35). The van der Waals surface area contributed by atoms with E-state index in [1.54, 1.807) is 0 Å². The average Bonchev–Trinajstić information content (AvgIpc) is 3.68. The van der Waals surface area contributed by atoms with E-state index in [4.69, 9.17) is 0 Å². The van der Waals surface area contributed by atoms with Crippen molar-refractivity contribution >= 4 is 16.9 Å². The van der Waals surface area contributed by atoms with Crippen molar-refractivity contribution < 1.29 is 9.90 Å². The second kappa shape index (κ2) is 8.88. The van der Waals surface area contributed by atoms with E-state index in [9.17, 15) is 9.90 Å². The second-order valence-electron chi connectivity index (χ2n) is 9.38. The van der Waals surface area contributed by atoms with Crippen LogP contribution in [0.25, 0.3) is 22.2 Å². The second-order valence-corrected chi connectivity index (χ2v) is 9.38. The SMILES string of the molecule is O=C(O)c1cc(C2CC2)cnc1Cc1ccc2c(c1)cc(-c1ccccc1)n2Cc1ccccc1. The molecule has 35 heavy (non-hydrogen) atoms. The van der Waals surface area contributed by atoms with Gasteiger partial charge in [-0.15, -0.1) is 0 Å². The van der Waals surface area contributed by atoms with Gasteiger partial charge >= 0.3 is 5.97 Å². The Morgan fingerprint density at radius 1 is 0.886 bits per heavy atom. The predicted molar refractivity (Wildman–Crippen MR) is 139 cm³/mol. The number of hydrogen-bond acceptors (Lipinski definition) is 2. The first kappa shape index (κ1) is 21.4.